The topological polar surface area (TPSA) is 65.1 Å². The SMILES string of the molecule is C[C@H]1CN(c2ccccc2)CCN1C(=O)c1cc(-c2ccncc2)n[nH]1. The molecular formula is C20H21N5O. The van der Waals surface area contributed by atoms with E-state index in [0.717, 1.165) is 24.3 Å². The second-order valence-electron chi connectivity index (χ2n) is 6.53. The van der Waals surface area contributed by atoms with Crippen LogP contribution in [0.25, 0.3) is 11.3 Å². The minimum Gasteiger partial charge on any atom is -0.368 e. The molecule has 1 aromatic carbocycles. The second kappa shape index (κ2) is 7.00. The highest BCUT2D eigenvalue weighted by atomic mass is 16.2. The molecule has 0 aliphatic carbocycles. The number of nitrogens with zero attached hydrogens (tertiary/aromatic N) is 4. The highest BCUT2D eigenvalue weighted by molar-refractivity contribution is 5.93. The number of aromatic nitrogens is 3. The second-order valence-corrected chi connectivity index (χ2v) is 6.53. The van der Waals surface area contributed by atoms with Gasteiger partial charge in [-0.15, -0.1) is 0 Å². The van der Waals surface area contributed by atoms with Crippen molar-refractivity contribution in [3.63, 3.8) is 0 Å². The molecule has 2 aromatic heterocycles. The number of nitrogens with one attached hydrogen (secondary N) is 1. The standard InChI is InChI=1S/C20H21N5O/c1-15-14-24(17-5-3-2-4-6-17)11-12-25(15)20(26)19-13-18(22-23-19)16-7-9-21-10-8-16/h2-10,13,15H,11-12,14H2,1H3,(H,22,23)/t15-/m0/s1. The zero-order chi connectivity index (χ0) is 17.9. The Kier molecular flexibility index (Phi) is 4.39. The molecule has 0 bridgehead atoms. The molecule has 1 N–H and O–H groups in total. The Hall–Kier alpha value is -3.15. The van der Waals surface area contributed by atoms with Crippen molar-refractivity contribution in [3.8, 4) is 11.3 Å². The van der Waals surface area contributed by atoms with Crippen LogP contribution in [0.3, 0.4) is 0 Å². The van der Waals surface area contributed by atoms with E-state index in [1.807, 2.05) is 41.3 Å². The Balaban J connectivity index is 1.47. The number of benzene rings is 1. The maximum absolute atomic E-state index is 12.9. The fourth-order valence-electron chi connectivity index (χ4n) is 3.39. The number of carbonyl (C=O) groups excluding carboxylic acids is 1. The lowest BCUT2D eigenvalue weighted by Gasteiger charge is -2.40. The molecule has 4 rings (SSSR count). The molecule has 1 aliphatic heterocycles. The maximum Gasteiger partial charge on any atom is 0.272 e. The Morgan fingerprint density at radius 1 is 1.12 bits per heavy atom. The van der Waals surface area contributed by atoms with Crippen LogP contribution < -0.4 is 4.90 Å². The number of para-hydroxylation sites is 1. The van der Waals surface area contributed by atoms with E-state index < -0.39 is 0 Å². The number of hydrogen-bond donors (Lipinski definition) is 1. The predicted molar refractivity (Wildman–Crippen MR) is 101 cm³/mol. The van der Waals surface area contributed by atoms with Crippen molar-refractivity contribution in [2.45, 2.75) is 13.0 Å². The third-order valence-electron chi connectivity index (χ3n) is 4.79. The van der Waals surface area contributed by atoms with Gasteiger partial charge in [-0.2, -0.15) is 5.10 Å². The number of hydrogen-bond acceptors (Lipinski definition) is 4. The monoisotopic (exact) mass is 347 g/mol. The zero-order valence-corrected chi connectivity index (χ0v) is 14.7. The average molecular weight is 347 g/mol. The van der Waals surface area contributed by atoms with Gasteiger partial charge in [-0.25, -0.2) is 0 Å². The minimum atomic E-state index is -0.00184. The molecule has 6 nitrogen and oxygen atoms in total. The van der Waals surface area contributed by atoms with Crippen LogP contribution >= 0.6 is 0 Å². The van der Waals surface area contributed by atoms with Crippen molar-refractivity contribution in [1.29, 1.82) is 0 Å². The molecule has 132 valence electrons. The van der Waals surface area contributed by atoms with Crippen LogP contribution in [0.15, 0.2) is 60.9 Å². The van der Waals surface area contributed by atoms with E-state index in [1.54, 1.807) is 12.4 Å². The van der Waals surface area contributed by atoms with Crippen LogP contribution in [0, 0.1) is 0 Å². The first-order valence-electron chi connectivity index (χ1n) is 8.79. The predicted octanol–water partition coefficient (Wildman–Crippen LogP) is 2.82. The van der Waals surface area contributed by atoms with Crippen LogP contribution in [0.4, 0.5) is 5.69 Å². The quantitative estimate of drug-likeness (QED) is 0.791. The Bertz CT molecular complexity index is 877. The van der Waals surface area contributed by atoms with Gasteiger partial charge in [0, 0.05) is 49.3 Å². The molecular weight excluding hydrogens is 326 g/mol. The van der Waals surface area contributed by atoms with E-state index in [9.17, 15) is 4.79 Å². The number of amides is 1. The van der Waals surface area contributed by atoms with Gasteiger partial charge < -0.3 is 9.80 Å². The van der Waals surface area contributed by atoms with Crippen molar-refractivity contribution in [1.82, 2.24) is 20.1 Å². The van der Waals surface area contributed by atoms with Gasteiger partial charge in [0.2, 0.25) is 0 Å². The molecule has 3 heterocycles. The molecule has 6 heteroatoms. The van der Waals surface area contributed by atoms with Crippen LogP contribution in [-0.2, 0) is 0 Å². The van der Waals surface area contributed by atoms with Gasteiger partial charge in [-0.3, -0.25) is 14.9 Å². The molecule has 3 aromatic rings. The van der Waals surface area contributed by atoms with Gasteiger partial charge in [-0.1, -0.05) is 18.2 Å². The molecule has 1 saturated heterocycles. The van der Waals surface area contributed by atoms with Crippen molar-refractivity contribution in [2.75, 3.05) is 24.5 Å². The summed E-state index contributed by atoms with van der Waals surface area (Å²) in [6, 6.07) is 16.0. The van der Waals surface area contributed by atoms with Crippen LogP contribution in [0.5, 0.6) is 0 Å². The first-order chi connectivity index (χ1) is 12.7. The summed E-state index contributed by atoms with van der Waals surface area (Å²) in [6.45, 7) is 4.43. The summed E-state index contributed by atoms with van der Waals surface area (Å²) in [5, 5.41) is 7.17. The molecule has 1 aliphatic rings. The molecule has 0 unspecified atom stereocenters. The summed E-state index contributed by atoms with van der Waals surface area (Å²) < 4.78 is 0. The van der Waals surface area contributed by atoms with Crippen molar-refractivity contribution >= 4 is 11.6 Å². The van der Waals surface area contributed by atoms with Gasteiger partial charge in [0.25, 0.3) is 5.91 Å². The maximum atomic E-state index is 12.9. The summed E-state index contributed by atoms with van der Waals surface area (Å²) in [4.78, 5) is 21.2. The summed E-state index contributed by atoms with van der Waals surface area (Å²) in [5.74, 6) is -0.00184. The fourth-order valence-corrected chi connectivity index (χ4v) is 3.39. The summed E-state index contributed by atoms with van der Waals surface area (Å²) in [6.07, 6.45) is 3.44. The Labute approximate surface area is 152 Å². The van der Waals surface area contributed by atoms with Gasteiger partial charge in [0.15, 0.2) is 0 Å². The number of anilines is 1. The fraction of sp³-hybridized carbons (Fsp3) is 0.250. The number of aromatic amines is 1. The van der Waals surface area contributed by atoms with E-state index in [0.29, 0.717) is 12.2 Å². The Morgan fingerprint density at radius 2 is 1.88 bits per heavy atom. The van der Waals surface area contributed by atoms with Crippen LogP contribution in [0.2, 0.25) is 0 Å². The number of carbonyl (C=O) groups is 1. The first-order valence-corrected chi connectivity index (χ1v) is 8.79. The average Bonchev–Trinajstić information content (AvgIpc) is 3.19. The summed E-state index contributed by atoms with van der Waals surface area (Å²) >= 11 is 0. The molecule has 26 heavy (non-hydrogen) atoms. The largest absolute Gasteiger partial charge is 0.368 e. The first kappa shape index (κ1) is 16.3. The summed E-state index contributed by atoms with van der Waals surface area (Å²) in [7, 11) is 0. The highest BCUT2D eigenvalue weighted by Crippen LogP contribution is 2.21. The Morgan fingerprint density at radius 3 is 2.62 bits per heavy atom. The van der Waals surface area contributed by atoms with E-state index in [-0.39, 0.29) is 11.9 Å². The van der Waals surface area contributed by atoms with Gasteiger partial charge >= 0.3 is 0 Å². The van der Waals surface area contributed by atoms with Crippen molar-refractivity contribution in [3.05, 3.63) is 66.6 Å². The van der Waals surface area contributed by atoms with Crippen molar-refractivity contribution < 1.29 is 4.79 Å². The van der Waals surface area contributed by atoms with Gasteiger partial charge in [-0.05, 0) is 37.3 Å². The lowest BCUT2D eigenvalue weighted by Crippen LogP contribution is -2.54. The molecule has 1 atom stereocenters. The van der Waals surface area contributed by atoms with E-state index >= 15 is 0 Å². The van der Waals surface area contributed by atoms with Crippen molar-refractivity contribution in [2.24, 2.45) is 0 Å². The zero-order valence-electron chi connectivity index (χ0n) is 14.7. The smallest absolute Gasteiger partial charge is 0.272 e. The molecule has 0 saturated carbocycles. The van der Waals surface area contributed by atoms with Gasteiger partial charge in [0.05, 0.1) is 5.69 Å². The van der Waals surface area contributed by atoms with E-state index in [4.69, 9.17) is 0 Å². The summed E-state index contributed by atoms with van der Waals surface area (Å²) in [5.41, 5.74) is 3.42. The number of piperazine rings is 1. The third kappa shape index (κ3) is 3.18. The normalized spacial score (nSPS) is 17.3. The third-order valence-corrected chi connectivity index (χ3v) is 4.79. The number of H-pyrrole nitrogens is 1. The lowest BCUT2D eigenvalue weighted by molar-refractivity contribution is 0.0668. The number of rotatable bonds is 3. The molecule has 1 fully saturated rings. The highest BCUT2D eigenvalue weighted by Gasteiger charge is 2.29. The van der Waals surface area contributed by atoms with Gasteiger partial charge in [0.1, 0.15) is 5.69 Å². The van der Waals surface area contributed by atoms with Crippen LogP contribution in [0.1, 0.15) is 17.4 Å². The van der Waals surface area contributed by atoms with E-state index in [2.05, 4.69) is 39.1 Å². The number of pyridine rings is 1. The van der Waals surface area contributed by atoms with Crippen LogP contribution in [-0.4, -0.2) is 51.7 Å². The molecule has 0 spiro atoms. The lowest BCUT2D eigenvalue weighted by atomic mass is 10.1. The molecule has 0 radical (unpaired) electrons. The minimum absolute atomic E-state index is 0.00184. The molecule has 1 amide bonds. The van der Waals surface area contributed by atoms with E-state index in [1.165, 1.54) is 5.69 Å².